The van der Waals surface area contributed by atoms with Gasteiger partial charge in [0, 0.05) is 24.3 Å². The summed E-state index contributed by atoms with van der Waals surface area (Å²) in [6.45, 7) is 12.3. The number of carbonyl (C=O) groups is 3. The van der Waals surface area contributed by atoms with Crippen molar-refractivity contribution in [3.8, 4) is 0 Å². The minimum atomic E-state index is -0.729. The first-order valence-electron chi connectivity index (χ1n) is 10.9. The number of ether oxygens (including phenoxy) is 1. The van der Waals surface area contributed by atoms with Crippen molar-refractivity contribution in [3.63, 3.8) is 0 Å². The lowest BCUT2D eigenvalue weighted by Crippen LogP contribution is -2.44. The van der Waals surface area contributed by atoms with E-state index in [-0.39, 0.29) is 11.7 Å². The highest BCUT2D eigenvalue weighted by molar-refractivity contribution is 6.33. The first-order valence-corrected chi connectivity index (χ1v) is 11.3. The van der Waals surface area contributed by atoms with Crippen molar-refractivity contribution in [2.24, 2.45) is 5.92 Å². The van der Waals surface area contributed by atoms with Gasteiger partial charge in [0.05, 0.1) is 23.7 Å². The lowest BCUT2D eigenvalue weighted by Gasteiger charge is -2.30. The number of esters is 1. The van der Waals surface area contributed by atoms with Crippen LogP contribution in [0.15, 0.2) is 24.3 Å². The van der Waals surface area contributed by atoms with Gasteiger partial charge in [0.15, 0.2) is 5.78 Å². The molecule has 0 aliphatic carbocycles. The van der Waals surface area contributed by atoms with Gasteiger partial charge >= 0.3 is 5.97 Å². The number of ketones is 1. The van der Waals surface area contributed by atoms with Gasteiger partial charge in [-0.1, -0.05) is 37.6 Å². The van der Waals surface area contributed by atoms with Gasteiger partial charge in [0.25, 0.3) is 5.91 Å². The first kappa shape index (κ1) is 25.7. The number of aromatic nitrogens is 1. The molecule has 0 saturated heterocycles. The molecule has 1 aromatic carbocycles. The van der Waals surface area contributed by atoms with Crippen LogP contribution >= 0.6 is 11.6 Å². The molecule has 2 aromatic rings. The molecule has 0 spiro atoms. The number of Topliss-reactive ketones (excluding diaryl/α,β-unsaturated/α-hetero) is 1. The van der Waals surface area contributed by atoms with E-state index in [1.807, 2.05) is 13.8 Å². The van der Waals surface area contributed by atoms with Crippen LogP contribution in [0.5, 0.6) is 0 Å². The van der Waals surface area contributed by atoms with Crippen molar-refractivity contribution in [1.82, 2.24) is 9.47 Å². The van der Waals surface area contributed by atoms with E-state index in [0.29, 0.717) is 52.1 Å². The number of hydrogen-bond donors (Lipinski definition) is 0. The zero-order chi connectivity index (χ0) is 24.2. The van der Waals surface area contributed by atoms with E-state index in [9.17, 15) is 14.4 Å². The smallest absolute Gasteiger partial charge is 0.354 e. The largest absolute Gasteiger partial charge is 0.464 e. The predicted molar refractivity (Wildman–Crippen MR) is 127 cm³/mol. The Kier molecular flexibility index (Phi) is 8.67. The number of nitrogens with zero attached hydrogens (tertiary/aromatic N) is 2. The van der Waals surface area contributed by atoms with Crippen LogP contribution in [-0.2, 0) is 11.3 Å². The molecule has 174 valence electrons. The van der Waals surface area contributed by atoms with Gasteiger partial charge in [0.2, 0.25) is 0 Å². The Labute approximate surface area is 195 Å². The van der Waals surface area contributed by atoms with E-state index in [4.69, 9.17) is 16.3 Å². The zero-order valence-electron chi connectivity index (χ0n) is 20.0. The topological polar surface area (TPSA) is 68.6 Å². The number of amides is 1. The van der Waals surface area contributed by atoms with Crippen LogP contribution in [0.1, 0.15) is 76.6 Å². The van der Waals surface area contributed by atoms with Gasteiger partial charge in [-0.3, -0.25) is 9.59 Å². The third-order valence-corrected chi connectivity index (χ3v) is 6.20. The van der Waals surface area contributed by atoms with Crippen LogP contribution in [0.4, 0.5) is 0 Å². The normalized spacial score (nSPS) is 12.0. The third-order valence-electron chi connectivity index (χ3n) is 5.87. The van der Waals surface area contributed by atoms with E-state index in [1.165, 1.54) is 7.11 Å². The highest BCUT2D eigenvalue weighted by atomic mass is 35.5. The molecule has 32 heavy (non-hydrogen) atoms. The van der Waals surface area contributed by atoms with Crippen molar-refractivity contribution in [1.29, 1.82) is 0 Å². The molecule has 2 rings (SSSR count). The summed E-state index contributed by atoms with van der Waals surface area (Å²) in [7, 11) is 1.32. The molecular weight excluding hydrogens is 428 g/mol. The standard InChI is InChI=1S/C25H33ClN2O4/c1-8-27-17(5)21(16(4)22(27)25(31)32-7)23(29)18(6)28(14-13-15(2)3)24(30)19-11-9-10-12-20(19)26/h9-12,15,18H,8,13-14H2,1-7H3/t18-/m0/s1. The van der Waals surface area contributed by atoms with Gasteiger partial charge in [-0.15, -0.1) is 0 Å². The molecule has 0 unspecified atom stereocenters. The van der Waals surface area contributed by atoms with E-state index < -0.39 is 12.0 Å². The number of rotatable bonds is 9. The molecule has 0 aliphatic heterocycles. The molecule has 0 radical (unpaired) electrons. The van der Waals surface area contributed by atoms with Crippen molar-refractivity contribution in [2.45, 2.75) is 60.5 Å². The van der Waals surface area contributed by atoms with Crippen LogP contribution < -0.4 is 0 Å². The SMILES string of the molecule is CCn1c(C)c(C(=O)[C@H](C)N(CCC(C)C)C(=O)c2ccccc2Cl)c(C)c1C(=O)OC. The molecule has 1 heterocycles. The summed E-state index contributed by atoms with van der Waals surface area (Å²) >= 11 is 6.28. The molecule has 0 N–H and O–H groups in total. The average molecular weight is 461 g/mol. The predicted octanol–water partition coefficient (Wildman–Crippen LogP) is 5.32. The van der Waals surface area contributed by atoms with Crippen molar-refractivity contribution in [2.75, 3.05) is 13.7 Å². The summed E-state index contributed by atoms with van der Waals surface area (Å²) in [4.78, 5) is 41.1. The number of methoxy groups -OCH3 is 1. The van der Waals surface area contributed by atoms with Gasteiger partial charge in [0.1, 0.15) is 5.69 Å². The summed E-state index contributed by atoms with van der Waals surface area (Å²) in [5, 5.41) is 0.351. The van der Waals surface area contributed by atoms with Crippen LogP contribution in [0, 0.1) is 19.8 Å². The summed E-state index contributed by atoms with van der Waals surface area (Å²) < 4.78 is 6.73. The van der Waals surface area contributed by atoms with Crippen LogP contribution in [0.25, 0.3) is 0 Å². The first-order chi connectivity index (χ1) is 15.1. The second-order valence-corrected chi connectivity index (χ2v) is 8.78. The van der Waals surface area contributed by atoms with Crippen LogP contribution in [-0.4, -0.2) is 46.8 Å². The summed E-state index contributed by atoms with van der Waals surface area (Å²) in [5.41, 5.74) is 2.46. The number of halogens is 1. The highest BCUT2D eigenvalue weighted by Crippen LogP contribution is 2.27. The number of carbonyl (C=O) groups excluding carboxylic acids is 3. The second kappa shape index (κ2) is 10.8. The lowest BCUT2D eigenvalue weighted by atomic mass is 9.98. The quantitative estimate of drug-likeness (QED) is 0.375. The fourth-order valence-electron chi connectivity index (χ4n) is 4.02. The summed E-state index contributed by atoms with van der Waals surface area (Å²) in [6.07, 6.45) is 0.745. The van der Waals surface area contributed by atoms with E-state index in [2.05, 4.69) is 13.8 Å². The van der Waals surface area contributed by atoms with Gasteiger partial charge < -0.3 is 14.2 Å². The fraction of sp³-hybridized carbons (Fsp3) is 0.480. The van der Waals surface area contributed by atoms with E-state index >= 15 is 0 Å². The lowest BCUT2D eigenvalue weighted by molar-refractivity contribution is 0.0586. The molecule has 6 nitrogen and oxygen atoms in total. The molecule has 0 saturated carbocycles. The molecule has 0 fully saturated rings. The highest BCUT2D eigenvalue weighted by Gasteiger charge is 2.33. The maximum atomic E-state index is 13.7. The minimum Gasteiger partial charge on any atom is -0.464 e. The number of benzene rings is 1. The summed E-state index contributed by atoms with van der Waals surface area (Å²) in [6, 6.07) is 6.13. The van der Waals surface area contributed by atoms with Crippen molar-refractivity contribution in [3.05, 3.63) is 57.4 Å². The molecule has 0 bridgehead atoms. The van der Waals surface area contributed by atoms with Crippen LogP contribution in [0.3, 0.4) is 0 Å². The fourth-order valence-corrected chi connectivity index (χ4v) is 4.24. The second-order valence-electron chi connectivity index (χ2n) is 8.37. The Hall–Kier alpha value is -2.60. The monoisotopic (exact) mass is 460 g/mol. The van der Waals surface area contributed by atoms with Crippen LogP contribution in [0.2, 0.25) is 5.02 Å². The molecule has 1 atom stereocenters. The Balaban J connectivity index is 2.52. The third kappa shape index (κ3) is 5.07. The average Bonchev–Trinajstić information content (AvgIpc) is 3.01. The maximum Gasteiger partial charge on any atom is 0.354 e. The summed E-state index contributed by atoms with van der Waals surface area (Å²) in [5.74, 6) is -0.616. The Morgan fingerprint density at radius 3 is 2.28 bits per heavy atom. The maximum absolute atomic E-state index is 13.7. The molecule has 7 heteroatoms. The van der Waals surface area contributed by atoms with Crippen molar-refractivity contribution < 1.29 is 19.1 Å². The zero-order valence-corrected chi connectivity index (χ0v) is 20.7. The van der Waals surface area contributed by atoms with Gasteiger partial charge in [-0.25, -0.2) is 4.79 Å². The van der Waals surface area contributed by atoms with E-state index in [1.54, 1.807) is 47.6 Å². The molecular formula is C25H33ClN2O4. The Morgan fingerprint density at radius 2 is 1.75 bits per heavy atom. The van der Waals surface area contributed by atoms with E-state index in [0.717, 1.165) is 6.42 Å². The Morgan fingerprint density at radius 1 is 1.12 bits per heavy atom. The van der Waals surface area contributed by atoms with Crippen molar-refractivity contribution >= 4 is 29.3 Å². The molecule has 1 amide bonds. The molecule has 1 aromatic heterocycles. The minimum absolute atomic E-state index is 0.207. The van der Waals surface area contributed by atoms with Gasteiger partial charge in [-0.2, -0.15) is 0 Å². The Bertz CT molecular complexity index is 1010. The molecule has 0 aliphatic rings. The number of hydrogen-bond acceptors (Lipinski definition) is 4. The van der Waals surface area contributed by atoms with Gasteiger partial charge in [-0.05, 0) is 57.7 Å².